The van der Waals surface area contributed by atoms with Crippen LogP contribution in [0.1, 0.15) is 0 Å². The summed E-state index contributed by atoms with van der Waals surface area (Å²) in [5.41, 5.74) is 0.352. The largest absolute Gasteiger partial charge is 0.484 e. The van der Waals surface area contributed by atoms with Crippen molar-refractivity contribution in [3.05, 3.63) is 48.5 Å². The van der Waals surface area contributed by atoms with Gasteiger partial charge in [0.05, 0.1) is 0 Å². The standard InChI is InChI=1S/C16H13F4NO4/c17-15(18)24-11-6-4-10(5-7-11)21-14(22)9-23-12-2-1-3-13(8-12)25-16(19)20/h1-8,15-16H,9H2,(H,21,22). The van der Waals surface area contributed by atoms with E-state index in [9.17, 15) is 22.4 Å². The molecule has 0 aliphatic heterocycles. The van der Waals surface area contributed by atoms with Crippen molar-refractivity contribution >= 4 is 11.6 Å². The SMILES string of the molecule is O=C(COc1cccc(OC(F)F)c1)Nc1ccc(OC(F)F)cc1. The molecular weight excluding hydrogens is 346 g/mol. The van der Waals surface area contributed by atoms with Crippen LogP contribution in [0.4, 0.5) is 23.2 Å². The van der Waals surface area contributed by atoms with E-state index in [0.717, 1.165) is 0 Å². The molecular formula is C16H13F4NO4. The third-order valence-corrected chi connectivity index (χ3v) is 2.76. The molecule has 134 valence electrons. The van der Waals surface area contributed by atoms with Gasteiger partial charge in [-0.05, 0) is 36.4 Å². The molecule has 0 fully saturated rings. The molecule has 1 N–H and O–H groups in total. The topological polar surface area (TPSA) is 56.8 Å². The Kier molecular flexibility index (Phi) is 6.44. The highest BCUT2D eigenvalue weighted by Crippen LogP contribution is 2.21. The maximum atomic E-state index is 12.1. The van der Waals surface area contributed by atoms with Crippen LogP contribution in [-0.4, -0.2) is 25.7 Å². The van der Waals surface area contributed by atoms with Gasteiger partial charge in [-0.15, -0.1) is 0 Å². The molecule has 0 bridgehead atoms. The van der Waals surface area contributed by atoms with E-state index < -0.39 is 19.1 Å². The summed E-state index contributed by atoms with van der Waals surface area (Å²) in [5.74, 6) is -0.487. The molecule has 0 unspecified atom stereocenters. The monoisotopic (exact) mass is 359 g/mol. The number of ether oxygens (including phenoxy) is 3. The Morgan fingerprint density at radius 3 is 2.12 bits per heavy atom. The number of benzene rings is 2. The maximum absolute atomic E-state index is 12.1. The maximum Gasteiger partial charge on any atom is 0.387 e. The highest BCUT2D eigenvalue weighted by Gasteiger charge is 2.08. The van der Waals surface area contributed by atoms with Crippen LogP contribution >= 0.6 is 0 Å². The predicted octanol–water partition coefficient (Wildman–Crippen LogP) is 3.91. The number of alkyl halides is 4. The summed E-state index contributed by atoms with van der Waals surface area (Å²) >= 11 is 0. The Hall–Kier alpha value is -2.97. The second kappa shape index (κ2) is 8.76. The predicted molar refractivity (Wildman–Crippen MR) is 80.3 cm³/mol. The van der Waals surface area contributed by atoms with Gasteiger partial charge >= 0.3 is 13.2 Å². The third-order valence-electron chi connectivity index (χ3n) is 2.76. The van der Waals surface area contributed by atoms with Gasteiger partial charge in [0.1, 0.15) is 17.2 Å². The molecule has 0 saturated heterocycles. The smallest absolute Gasteiger partial charge is 0.387 e. The van der Waals surface area contributed by atoms with Crippen LogP contribution in [0.5, 0.6) is 17.2 Å². The molecule has 9 heteroatoms. The number of carbonyl (C=O) groups is 1. The number of rotatable bonds is 8. The Morgan fingerprint density at radius 1 is 0.880 bits per heavy atom. The van der Waals surface area contributed by atoms with E-state index in [1.165, 1.54) is 48.5 Å². The van der Waals surface area contributed by atoms with E-state index in [-0.39, 0.29) is 23.9 Å². The molecule has 2 aromatic rings. The lowest BCUT2D eigenvalue weighted by Crippen LogP contribution is -2.20. The van der Waals surface area contributed by atoms with Crippen LogP contribution in [0.25, 0.3) is 0 Å². The van der Waals surface area contributed by atoms with Crippen molar-refractivity contribution in [2.75, 3.05) is 11.9 Å². The molecule has 2 aromatic carbocycles. The number of hydrogen-bond acceptors (Lipinski definition) is 4. The van der Waals surface area contributed by atoms with Crippen molar-refractivity contribution < 1.29 is 36.6 Å². The van der Waals surface area contributed by atoms with Crippen LogP contribution in [0.3, 0.4) is 0 Å². The first-order valence-corrected chi connectivity index (χ1v) is 6.95. The number of anilines is 1. The summed E-state index contributed by atoms with van der Waals surface area (Å²) in [6.45, 7) is -6.28. The summed E-state index contributed by atoms with van der Waals surface area (Å²) in [6.07, 6.45) is 0. The summed E-state index contributed by atoms with van der Waals surface area (Å²) in [6, 6.07) is 10.8. The van der Waals surface area contributed by atoms with Gasteiger partial charge in [0.25, 0.3) is 5.91 Å². The lowest BCUT2D eigenvalue weighted by molar-refractivity contribution is -0.118. The molecule has 0 aromatic heterocycles. The molecule has 25 heavy (non-hydrogen) atoms. The van der Waals surface area contributed by atoms with Crippen LogP contribution in [0.2, 0.25) is 0 Å². The van der Waals surface area contributed by atoms with Gasteiger partial charge in [0.2, 0.25) is 0 Å². The lowest BCUT2D eigenvalue weighted by atomic mass is 10.3. The van der Waals surface area contributed by atoms with Crippen LogP contribution in [-0.2, 0) is 4.79 Å². The van der Waals surface area contributed by atoms with Crippen LogP contribution in [0.15, 0.2) is 48.5 Å². The van der Waals surface area contributed by atoms with Gasteiger partial charge in [-0.2, -0.15) is 17.6 Å². The zero-order valence-corrected chi connectivity index (χ0v) is 12.6. The van der Waals surface area contributed by atoms with E-state index >= 15 is 0 Å². The van der Waals surface area contributed by atoms with Gasteiger partial charge in [0, 0.05) is 11.8 Å². The number of carbonyl (C=O) groups excluding carboxylic acids is 1. The van der Waals surface area contributed by atoms with Gasteiger partial charge in [-0.1, -0.05) is 6.07 Å². The van der Waals surface area contributed by atoms with Gasteiger partial charge in [-0.25, -0.2) is 0 Å². The molecule has 0 spiro atoms. The van der Waals surface area contributed by atoms with Crippen molar-refractivity contribution in [2.24, 2.45) is 0 Å². The van der Waals surface area contributed by atoms with Crippen LogP contribution in [0, 0.1) is 0 Å². The Morgan fingerprint density at radius 2 is 1.48 bits per heavy atom. The first-order valence-electron chi connectivity index (χ1n) is 6.95. The average molecular weight is 359 g/mol. The minimum atomic E-state index is -2.96. The molecule has 0 aliphatic rings. The molecule has 1 amide bonds. The van der Waals surface area contributed by atoms with Gasteiger partial charge in [-0.3, -0.25) is 4.79 Å². The number of nitrogens with one attached hydrogen (secondary N) is 1. The minimum Gasteiger partial charge on any atom is -0.484 e. The molecule has 0 radical (unpaired) electrons. The van der Waals surface area contributed by atoms with Crippen molar-refractivity contribution in [1.29, 1.82) is 0 Å². The summed E-state index contributed by atoms with van der Waals surface area (Å²) in [7, 11) is 0. The second-order valence-corrected chi connectivity index (χ2v) is 4.59. The van der Waals surface area contributed by atoms with Crippen molar-refractivity contribution in [3.8, 4) is 17.2 Å². The van der Waals surface area contributed by atoms with E-state index in [2.05, 4.69) is 14.8 Å². The zero-order valence-electron chi connectivity index (χ0n) is 12.6. The van der Waals surface area contributed by atoms with Crippen molar-refractivity contribution in [2.45, 2.75) is 13.2 Å². The first kappa shape index (κ1) is 18.4. The molecule has 0 saturated carbocycles. The first-order chi connectivity index (χ1) is 11.9. The number of hydrogen-bond donors (Lipinski definition) is 1. The molecule has 0 heterocycles. The van der Waals surface area contributed by atoms with Gasteiger partial charge < -0.3 is 19.5 Å². The highest BCUT2D eigenvalue weighted by atomic mass is 19.3. The Bertz CT molecular complexity index is 695. The number of halogens is 4. The Balaban J connectivity index is 1.84. The fourth-order valence-electron chi connectivity index (χ4n) is 1.81. The fourth-order valence-corrected chi connectivity index (χ4v) is 1.81. The number of amides is 1. The molecule has 5 nitrogen and oxygen atoms in total. The summed E-state index contributed by atoms with van der Waals surface area (Å²) in [4.78, 5) is 11.8. The minimum absolute atomic E-state index is 0.0416. The molecule has 0 aliphatic carbocycles. The van der Waals surface area contributed by atoms with Crippen molar-refractivity contribution in [1.82, 2.24) is 0 Å². The fraction of sp³-hybridized carbons (Fsp3) is 0.188. The third kappa shape index (κ3) is 6.58. The average Bonchev–Trinajstić information content (AvgIpc) is 2.54. The lowest BCUT2D eigenvalue weighted by Gasteiger charge is -2.10. The molecule has 2 rings (SSSR count). The summed E-state index contributed by atoms with van der Waals surface area (Å²) < 4.78 is 61.9. The Labute approximate surface area is 140 Å². The van der Waals surface area contributed by atoms with E-state index in [1.807, 2.05) is 0 Å². The second-order valence-electron chi connectivity index (χ2n) is 4.59. The van der Waals surface area contributed by atoms with Crippen molar-refractivity contribution in [3.63, 3.8) is 0 Å². The normalized spacial score (nSPS) is 10.6. The highest BCUT2D eigenvalue weighted by molar-refractivity contribution is 5.91. The van der Waals surface area contributed by atoms with E-state index in [4.69, 9.17) is 4.74 Å². The summed E-state index contributed by atoms with van der Waals surface area (Å²) in [5, 5.41) is 2.48. The van der Waals surface area contributed by atoms with E-state index in [0.29, 0.717) is 5.69 Å². The van der Waals surface area contributed by atoms with Crippen LogP contribution < -0.4 is 19.5 Å². The zero-order chi connectivity index (χ0) is 18.2. The van der Waals surface area contributed by atoms with E-state index in [1.54, 1.807) is 0 Å². The molecule has 0 atom stereocenters. The van der Waals surface area contributed by atoms with Gasteiger partial charge in [0.15, 0.2) is 6.61 Å². The quantitative estimate of drug-likeness (QED) is 0.726.